The van der Waals surface area contributed by atoms with Gasteiger partial charge in [-0.15, -0.1) is 0 Å². The van der Waals surface area contributed by atoms with E-state index in [1.807, 2.05) is 6.92 Å². The molecule has 1 saturated carbocycles. The monoisotopic (exact) mass is 247 g/mol. The Balaban J connectivity index is 2.21. The molecule has 0 aromatic heterocycles. The molecule has 0 spiro atoms. The first-order chi connectivity index (χ1) is 7.08. The summed E-state index contributed by atoms with van der Waals surface area (Å²) in [7, 11) is 0. The highest BCUT2D eigenvalue weighted by Crippen LogP contribution is 2.31. The summed E-state index contributed by atoms with van der Waals surface area (Å²) in [6, 6.07) is 3.50. The molecule has 0 unspecified atom stereocenters. The molecule has 1 nitrogen and oxygen atoms in total. The van der Waals surface area contributed by atoms with Crippen molar-refractivity contribution in [2.24, 2.45) is 0 Å². The lowest BCUT2D eigenvalue weighted by atomic mass is 10.1. The van der Waals surface area contributed by atoms with E-state index in [-0.39, 0.29) is 11.1 Å². The molecule has 0 saturated heterocycles. The molecule has 0 heterocycles. The normalized spacial score (nSPS) is 17.9. The first kappa shape index (κ1) is 11.2. The summed E-state index contributed by atoms with van der Waals surface area (Å²) in [5.74, 6) is -0.416. The van der Waals surface area contributed by atoms with Gasteiger partial charge < -0.3 is 5.32 Å². The predicted molar refractivity (Wildman–Crippen MR) is 61.0 cm³/mol. The van der Waals surface area contributed by atoms with E-state index in [9.17, 15) is 4.39 Å². The lowest BCUT2D eigenvalue weighted by Gasteiger charge is -2.15. The molecule has 0 bridgehead atoms. The first-order valence-electron chi connectivity index (χ1n) is 4.98. The van der Waals surface area contributed by atoms with Crippen molar-refractivity contribution in [3.63, 3.8) is 0 Å². The quantitative estimate of drug-likeness (QED) is 0.798. The minimum atomic E-state index is -0.416. The van der Waals surface area contributed by atoms with E-state index in [0.717, 1.165) is 5.56 Å². The second kappa shape index (κ2) is 4.28. The second-order valence-corrected chi connectivity index (χ2v) is 4.76. The molecule has 82 valence electrons. The molecule has 1 aliphatic carbocycles. The van der Waals surface area contributed by atoms with Gasteiger partial charge in [0.25, 0.3) is 0 Å². The van der Waals surface area contributed by atoms with Crippen LogP contribution in [0, 0.1) is 5.82 Å². The van der Waals surface area contributed by atoms with Crippen LogP contribution in [0.15, 0.2) is 12.1 Å². The molecule has 1 N–H and O–H groups in total. The van der Waals surface area contributed by atoms with Crippen LogP contribution in [-0.2, 0) is 0 Å². The first-order valence-corrected chi connectivity index (χ1v) is 5.74. The van der Waals surface area contributed by atoms with Crippen molar-refractivity contribution in [2.45, 2.75) is 31.8 Å². The number of rotatable bonds is 3. The molecule has 1 aromatic rings. The highest BCUT2D eigenvalue weighted by Gasteiger charge is 2.24. The van der Waals surface area contributed by atoms with Gasteiger partial charge >= 0.3 is 0 Å². The van der Waals surface area contributed by atoms with Crippen LogP contribution in [0.2, 0.25) is 10.0 Å². The molecule has 4 heteroatoms. The average Bonchev–Trinajstić information content (AvgIpc) is 2.95. The molecule has 0 radical (unpaired) electrons. The smallest absolute Gasteiger partial charge is 0.142 e. The highest BCUT2D eigenvalue weighted by molar-refractivity contribution is 6.35. The number of hydrogen-bond donors (Lipinski definition) is 1. The van der Waals surface area contributed by atoms with Gasteiger partial charge in [0.1, 0.15) is 5.82 Å². The third-order valence-electron chi connectivity index (χ3n) is 2.57. The van der Waals surface area contributed by atoms with Gasteiger partial charge in [-0.25, -0.2) is 4.39 Å². The van der Waals surface area contributed by atoms with E-state index >= 15 is 0 Å². The number of benzene rings is 1. The maximum atomic E-state index is 13.3. The van der Waals surface area contributed by atoms with Crippen LogP contribution in [0.3, 0.4) is 0 Å². The third kappa shape index (κ3) is 2.63. The van der Waals surface area contributed by atoms with Crippen LogP contribution in [0.25, 0.3) is 0 Å². The fourth-order valence-electron chi connectivity index (χ4n) is 1.56. The lowest BCUT2D eigenvalue weighted by Crippen LogP contribution is -2.21. The van der Waals surface area contributed by atoms with Gasteiger partial charge in [-0.2, -0.15) is 0 Å². The van der Waals surface area contributed by atoms with Crippen LogP contribution in [0.4, 0.5) is 4.39 Å². The average molecular weight is 248 g/mol. The zero-order chi connectivity index (χ0) is 11.0. The van der Waals surface area contributed by atoms with E-state index < -0.39 is 5.82 Å². The van der Waals surface area contributed by atoms with Crippen molar-refractivity contribution in [3.05, 3.63) is 33.6 Å². The van der Waals surface area contributed by atoms with Crippen LogP contribution >= 0.6 is 23.2 Å². The number of nitrogens with one attached hydrogen (secondary N) is 1. The summed E-state index contributed by atoms with van der Waals surface area (Å²) < 4.78 is 13.3. The Hall–Kier alpha value is -0.310. The lowest BCUT2D eigenvalue weighted by molar-refractivity contribution is 0.562. The van der Waals surface area contributed by atoms with E-state index in [1.54, 1.807) is 0 Å². The van der Waals surface area contributed by atoms with Crippen LogP contribution in [-0.4, -0.2) is 6.04 Å². The topological polar surface area (TPSA) is 12.0 Å². The van der Waals surface area contributed by atoms with Crippen molar-refractivity contribution < 1.29 is 4.39 Å². The largest absolute Gasteiger partial charge is 0.307 e. The van der Waals surface area contributed by atoms with Gasteiger partial charge in [-0.3, -0.25) is 0 Å². The fraction of sp³-hybridized carbons (Fsp3) is 0.455. The standard InChI is InChI=1S/C11H12Cl2FN/c1-6(15-7-2-3-7)8-4-11(14)10(13)5-9(8)12/h4-7,15H,2-3H2,1H3/t6-/m0/s1. The zero-order valence-corrected chi connectivity index (χ0v) is 9.87. The van der Waals surface area contributed by atoms with E-state index in [0.29, 0.717) is 11.1 Å². The Morgan fingerprint density at radius 2 is 2.00 bits per heavy atom. The van der Waals surface area contributed by atoms with Crippen molar-refractivity contribution in [1.29, 1.82) is 0 Å². The van der Waals surface area contributed by atoms with E-state index in [4.69, 9.17) is 23.2 Å². The molecule has 0 amide bonds. The summed E-state index contributed by atoms with van der Waals surface area (Å²) in [5.41, 5.74) is 0.769. The summed E-state index contributed by atoms with van der Waals surface area (Å²) >= 11 is 11.6. The van der Waals surface area contributed by atoms with Crippen molar-refractivity contribution in [3.8, 4) is 0 Å². The number of hydrogen-bond acceptors (Lipinski definition) is 1. The van der Waals surface area contributed by atoms with Crippen LogP contribution in [0.5, 0.6) is 0 Å². The maximum absolute atomic E-state index is 13.3. The predicted octanol–water partition coefficient (Wildman–Crippen LogP) is 3.95. The van der Waals surface area contributed by atoms with Crippen molar-refractivity contribution in [2.75, 3.05) is 0 Å². The Bertz CT molecular complexity index is 377. The van der Waals surface area contributed by atoms with Crippen LogP contribution < -0.4 is 5.32 Å². The molecule has 1 atom stereocenters. The van der Waals surface area contributed by atoms with Gasteiger partial charge in [-0.05, 0) is 37.5 Å². The highest BCUT2D eigenvalue weighted by atomic mass is 35.5. The summed E-state index contributed by atoms with van der Waals surface area (Å²) in [6.07, 6.45) is 2.38. The van der Waals surface area contributed by atoms with Gasteiger partial charge in [0, 0.05) is 17.1 Å². The number of halogens is 3. The maximum Gasteiger partial charge on any atom is 0.142 e. The van der Waals surface area contributed by atoms with E-state index in [2.05, 4.69) is 5.32 Å². The SMILES string of the molecule is C[C@H](NC1CC1)c1cc(F)c(Cl)cc1Cl. The Labute approximate surface area is 98.6 Å². The molecule has 2 rings (SSSR count). The molecule has 1 aromatic carbocycles. The van der Waals surface area contributed by atoms with Crippen LogP contribution in [0.1, 0.15) is 31.4 Å². The minimum Gasteiger partial charge on any atom is -0.307 e. The Kier molecular flexibility index (Phi) is 3.19. The molecular formula is C11H12Cl2FN. The van der Waals surface area contributed by atoms with Crippen molar-refractivity contribution in [1.82, 2.24) is 5.32 Å². The summed E-state index contributed by atoms with van der Waals surface area (Å²) in [6.45, 7) is 1.98. The molecule has 1 fully saturated rings. The molecule has 1 aliphatic rings. The second-order valence-electron chi connectivity index (χ2n) is 3.95. The fourth-order valence-corrected chi connectivity index (χ4v) is 2.11. The van der Waals surface area contributed by atoms with Gasteiger partial charge in [0.05, 0.1) is 5.02 Å². The summed E-state index contributed by atoms with van der Waals surface area (Å²) in [4.78, 5) is 0. The Morgan fingerprint density at radius 3 is 2.60 bits per heavy atom. The molecule has 0 aliphatic heterocycles. The summed E-state index contributed by atoms with van der Waals surface area (Å²) in [5, 5.41) is 3.95. The Morgan fingerprint density at radius 1 is 1.33 bits per heavy atom. The minimum absolute atomic E-state index is 0.0665. The van der Waals surface area contributed by atoms with Gasteiger partial charge in [-0.1, -0.05) is 23.2 Å². The zero-order valence-electron chi connectivity index (χ0n) is 8.36. The van der Waals surface area contributed by atoms with E-state index in [1.165, 1.54) is 25.0 Å². The van der Waals surface area contributed by atoms with Gasteiger partial charge in [0.2, 0.25) is 0 Å². The van der Waals surface area contributed by atoms with Gasteiger partial charge in [0.15, 0.2) is 0 Å². The van der Waals surface area contributed by atoms with Crippen molar-refractivity contribution >= 4 is 23.2 Å². The molecule has 15 heavy (non-hydrogen) atoms. The molecular weight excluding hydrogens is 236 g/mol. The third-order valence-corrected chi connectivity index (χ3v) is 3.19.